The topological polar surface area (TPSA) is 76.2 Å². The maximum atomic E-state index is 10.8. The van der Waals surface area contributed by atoms with Crippen LogP contribution in [-0.2, 0) is 6.61 Å². The number of halogens is 2. The number of nitro benzene ring substituents is 1. The lowest BCUT2D eigenvalue weighted by Crippen LogP contribution is -1.99. The molecule has 0 heterocycles. The van der Waals surface area contributed by atoms with E-state index < -0.39 is 4.92 Å². The molecule has 2 aromatic carbocycles. The second-order valence-corrected chi connectivity index (χ2v) is 5.25. The Morgan fingerprint density at radius 1 is 1.38 bits per heavy atom. The van der Waals surface area contributed by atoms with Gasteiger partial charge in [0.2, 0.25) is 0 Å². The van der Waals surface area contributed by atoms with Gasteiger partial charge in [0.15, 0.2) is 0 Å². The number of nitriles is 1. The van der Waals surface area contributed by atoms with E-state index in [0.717, 1.165) is 0 Å². The minimum absolute atomic E-state index is 0.0709. The van der Waals surface area contributed by atoms with E-state index in [9.17, 15) is 10.1 Å². The van der Waals surface area contributed by atoms with Crippen molar-refractivity contribution in [2.75, 3.05) is 0 Å². The van der Waals surface area contributed by atoms with Crippen LogP contribution in [0.1, 0.15) is 11.1 Å². The maximum absolute atomic E-state index is 10.8. The summed E-state index contributed by atoms with van der Waals surface area (Å²) in [4.78, 5) is 10.3. The van der Waals surface area contributed by atoms with Gasteiger partial charge in [0.1, 0.15) is 16.8 Å². The number of rotatable bonds is 4. The van der Waals surface area contributed by atoms with Crippen molar-refractivity contribution in [1.29, 1.82) is 5.26 Å². The van der Waals surface area contributed by atoms with E-state index in [1.165, 1.54) is 6.07 Å². The van der Waals surface area contributed by atoms with Gasteiger partial charge < -0.3 is 4.74 Å². The van der Waals surface area contributed by atoms with Crippen LogP contribution < -0.4 is 4.74 Å². The zero-order valence-electron chi connectivity index (χ0n) is 10.5. The molecule has 5 nitrogen and oxygen atoms in total. The third-order valence-electron chi connectivity index (χ3n) is 2.70. The van der Waals surface area contributed by atoms with Crippen LogP contribution in [0.25, 0.3) is 0 Å². The van der Waals surface area contributed by atoms with Gasteiger partial charge in [0.05, 0.1) is 16.6 Å². The number of nitro groups is 1. The third kappa shape index (κ3) is 3.51. The van der Waals surface area contributed by atoms with Gasteiger partial charge in [-0.2, -0.15) is 5.26 Å². The Labute approximate surface area is 134 Å². The summed E-state index contributed by atoms with van der Waals surface area (Å²) in [5.41, 5.74) is 1.08. The van der Waals surface area contributed by atoms with Gasteiger partial charge in [0, 0.05) is 16.7 Å². The molecule has 0 atom stereocenters. The highest BCUT2D eigenvalue weighted by atomic mass is 79.9. The normalized spacial score (nSPS) is 9.95. The molecule has 0 spiro atoms. The number of hydrogen-bond acceptors (Lipinski definition) is 4. The van der Waals surface area contributed by atoms with E-state index >= 15 is 0 Å². The predicted octanol–water partition coefficient (Wildman–Crippen LogP) is 4.46. The van der Waals surface area contributed by atoms with Crippen LogP contribution in [0.4, 0.5) is 5.69 Å². The van der Waals surface area contributed by atoms with Crippen molar-refractivity contribution < 1.29 is 9.66 Å². The van der Waals surface area contributed by atoms with E-state index in [1.54, 1.807) is 30.3 Å². The molecule has 0 unspecified atom stereocenters. The van der Waals surface area contributed by atoms with Crippen molar-refractivity contribution in [1.82, 2.24) is 0 Å². The Hall–Kier alpha value is -2.10. The van der Waals surface area contributed by atoms with E-state index in [4.69, 9.17) is 21.6 Å². The predicted molar refractivity (Wildman–Crippen MR) is 81.3 cm³/mol. The zero-order chi connectivity index (χ0) is 15.4. The molecular weight excluding hydrogens is 360 g/mol. The molecule has 0 fully saturated rings. The first-order valence-corrected chi connectivity index (χ1v) is 6.94. The average Bonchev–Trinajstić information content (AvgIpc) is 2.46. The molecule has 0 bridgehead atoms. The molecule has 0 amide bonds. The van der Waals surface area contributed by atoms with Gasteiger partial charge in [-0.25, -0.2) is 0 Å². The fourth-order valence-corrected chi connectivity index (χ4v) is 2.40. The number of ether oxygens (including phenoxy) is 1. The van der Waals surface area contributed by atoms with Crippen molar-refractivity contribution in [3.8, 4) is 11.8 Å². The second kappa shape index (κ2) is 6.57. The van der Waals surface area contributed by atoms with Gasteiger partial charge in [-0.15, -0.1) is 0 Å². The molecule has 106 valence electrons. The molecule has 0 N–H and O–H groups in total. The highest BCUT2D eigenvalue weighted by molar-refractivity contribution is 9.10. The first kappa shape index (κ1) is 15.3. The van der Waals surface area contributed by atoms with E-state index in [1.807, 2.05) is 6.07 Å². The van der Waals surface area contributed by atoms with Crippen molar-refractivity contribution in [2.24, 2.45) is 0 Å². The first-order chi connectivity index (χ1) is 10.0. The Balaban J connectivity index is 2.19. The van der Waals surface area contributed by atoms with Gasteiger partial charge in [-0.1, -0.05) is 23.7 Å². The smallest absolute Gasteiger partial charge is 0.287 e. The second-order valence-electron chi connectivity index (χ2n) is 4.05. The van der Waals surface area contributed by atoms with Crippen molar-refractivity contribution in [3.63, 3.8) is 0 Å². The summed E-state index contributed by atoms with van der Waals surface area (Å²) in [6.45, 7) is 0.143. The first-order valence-electron chi connectivity index (χ1n) is 5.77. The van der Waals surface area contributed by atoms with E-state index in [2.05, 4.69) is 15.9 Å². The summed E-state index contributed by atoms with van der Waals surface area (Å²) in [6.07, 6.45) is 0. The van der Waals surface area contributed by atoms with Crippen LogP contribution in [0.15, 0.2) is 40.9 Å². The molecule has 0 aromatic heterocycles. The molecule has 0 aliphatic carbocycles. The zero-order valence-corrected chi connectivity index (χ0v) is 12.9. The summed E-state index contributed by atoms with van der Waals surface area (Å²) in [5.74, 6) is 0.352. The number of benzene rings is 2. The van der Waals surface area contributed by atoms with Crippen molar-refractivity contribution >= 4 is 33.2 Å². The standard InChI is InChI=1S/C14H8BrClN2O3/c15-14-12(18(19)20)2-1-3-13(14)21-8-10-5-4-9(7-17)6-11(10)16/h1-6H,8H2. The SMILES string of the molecule is N#Cc1ccc(COc2cccc([N+](=O)[O-])c2Br)c(Cl)c1. The van der Waals surface area contributed by atoms with Gasteiger partial charge >= 0.3 is 0 Å². The lowest BCUT2D eigenvalue weighted by Gasteiger charge is -2.09. The maximum Gasteiger partial charge on any atom is 0.287 e. The molecule has 0 radical (unpaired) electrons. The third-order valence-corrected chi connectivity index (χ3v) is 3.85. The molecule has 0 saturated carbocycles. The molecule has 2 aromatic rings. The Morgan fingerprint density at radius 2 is 2.14 bits per heavy atom. The van der Waals surface area contributed by atoms with Crippen LogP contribution in [0, 0.1) is 21.4 Å². The number of nitrogens with zero attached hydrogens (tertiary/aromatic N) is 2. The minimum Gasteiger partial charge on any atom is -0.487 e. The summed E-state index contributed by atoms with van der Waals surface area (Å²) in [5, 5.41) is 20.0. The molecule has 0 aliphatic heterocycles. The summed E-state index contributed by atoms with van der Waals surface area (Å²) in [7, 11) is 0. The fourth-order valence-electron chi connectivity index (χ4n) is 1.64. The highest BCUT2D eigenvalue weighted by Crippen LogP contribution is 2.34. The monoisotopic (exact) mass is 366 g/mol. The van der Waals surface area contributed by atoms with Gasteiger partial charge in [-0.3, -0.25) is 10.1 Å². The van der Waals surface area contributed by atoms with Gasteiger partial charge in [0.25, 0.3) is 5.69 Å². The summed E-state index contributed by atoms with van der Waals surface area (Å²) in [6, 6.07) is 11.4. The molecule has 2 rings (SSSR count). The van der Waals surface area contributed by atoms with Crippen LogP contribution in [0.2, 0.25) is 5.02 Å². The lowest BCUT2D eigenvalue weighted by molar-refractivity contribution is -0.385. The van der Waals surface area contributed by atoms with Crippen LogP contribution in [0.5, 0.6) is 5.75 Å². The van der Waals surface area contributed by atoms with Crippen molar-refractivity contribution in [2.45, 2.75) is 6.61 Å². The van der Waals surface area contributed by atoms with Crippen LogP contribution in [0.3, 0.4) is 0 Å². The quantitative estimate of drug-likeness (QED) is 0.590. The molecular formula is C14H8BrClN2O3. The Morgan fingerprint density at radius 3 is 2.76 bits per heavy atom. The Kier molecular flexibility index (Phi) is 4.78. The molecule has 7 heteroatoms. The summed E-state index contributed by atoms with van der Waals surface area (Å²) >= 11 is 9.20. The van der Waals surface area contributed by atoms with E-state index in [0.29, 0.717) is 21.9 Å². The van der Waals surface area contributed by atoms with Gasteiger partial charge in [-0.05, 0) is 34.1 Å². The Bertz CT molecular complexity index is 743. The fraction of sp³-hybridized carbons (Fsp3) is 0.0714. The summed E-state index contributed by atoms with van der Waals surface area (Å²) < 4.78 is 5.83. The van der Waals surface area contributed by atoms with E-state index in [-0.39, 0.29) is 16.8 Å². The van der Waals surface area contributed by atoms with Crippen molar-refractivity contribution in [3.05, 3.63) is 67.1 Å². The van der Waals surface area contributed by atoms with Crippen LogP contribution in [-0.4, -0.2) is 4.92 Å². The lowest BCUT2D eigenvalue weighted by atomic mass is 10.1. The molecule has 0 aliphatic rings. The highest BCUT2D eigenvalue weighted by Gasteiger charge is 2.16. The molecule has 0 saturated heterocycles. The number of hydrogen-bond donors (Lipinski definition) is 0. The minimum atomic E-state index is -0.494. The largest absolute Gasteiger partial charge is 0.487 e. The molecule has 21 heavy (non-hydrogen) atoms. The average molecular weight is 368 g/mol. The van der Waals surface area contributed by atoms with Crippen LogP contribution >= 0.6 is 27.5 Å².